The Balaban J connectivity index is 2.62. The topological polar surface area (TPSA) is 21.3 Å². The lowest BCUT2D eigenvalue weighted by atomic mass is 10.2. The fourth-order valence-corrected chi connectivity index (χ4v) is 1.65. The first kappa shape index (κ1) is 15.6. The predicted octanol–water partition coefficient (Wildman–Crippen LogP) is 4.54. The van der Waals surface area contributed by atoms with Crippen molar-refractivity contribution < 1.29 is 4.74 Å². The molecular weight excluding hydrogens is 293 g/mol. The van der Waals surface area contributed by atoms with Crippen molar-refractivity contribution in [1.29, 1.82) is 0 Å². The van der Waals surface area contributed by atoms with E-state index in [2.05, 4.69) is 19.2 Å². The summed E-state index contributed by atoms with van der Waals surface area (Å²) in [5.74, 6) is 0.599. The van der Waals surface area contributed by atoms with Gasteiger partial charge in [0.2, 0.25) is 0 Å². The lowest BCUT2D eigenvalue weighted by molar-refractivity contribution is 0.359. The summed E-state index contributed by atoms with van der Waals surface area (Å²) < 4.78 is 5.43. The summed E-state index contributed by atoms with van der Waals surface area (Å²) in [4.78, 5) is 0. The van der Waals surface area contributed by atoms with Gasteiger partial charge in [0.25, 0.3) is 0 Å². The molecule has 100 valence electrons. The molecule has 1 aromatic carbocycles. The van der Waals surface area contributed by atoms with Gasteiger partial charge in [-0.05, 0) is 17.7 Å². The number of nitrogens with one attached hydrogen (secondary N) is 1. The Labute approximate surface area is 123 Å². The molecule has 1 N–H and O–H groups in total. The van der Waals surface area contributed by atoms with Crippen LogP contribution in [-0.4, -0.2) is 12.6 Å². The highest BCUT2D eigenvalue weighted by Crippen LogP contribution is 2.26. The van der Waals surface area contributed by atoms with Crippen LogP contribution in [0.5, 0.6) is 5.75 Å². The second kappa shape index (κ2) is 7.90. The fourth-order valence-electron chi connectivity index (χ4n) is 1.27. The van der Waals surface area contributed by atoms with Gasteiger partial charge in [-0.25, -0.2) is 0 Å². The molecule has 2 nitrogen and oxygen atoms in total. The molecule has 1 rings (SSSR count). The Morgan fingerprint density at radius 2 is 2.17 bits per heavy atom. The molecule has 0 unspecified atom stereocenters. The number of rotatable bonds is 6. The van der Waals surface area contributed by atoms with E-state index in [1.807, 2.05) is 18.2 Å². The quantitative estimate of drug-likeness (QED) is 0.833. The molecule has 0 aliphatic carbocycles. The van der Waals surface area contributed by atoms with Gasteiger partial charge in [-0.2, -0.15) is 0 Å². The van der Waals surface area contributed by atoms with Crippen LogP contribution in [0, 0.1) is 0 Å². The van der Waals surface area contributed by atoms with Gasteiger partial charge in [-0.3, -0.25) is 0 Å². The van der Waals surface area contributed by atoms with E-state index in [1.54, 1.807) is 0 Å². The van der Waals surface area contributed by atoms with Crippen molar-refractivity contribution in [3.63, 3.8) is 0 Å². The largest absolute Gasteiger partial charge is 0.486 e. The lowest BCUT2D eigenvalue weighted by Crippen LogP contribution is -2.21. The zero-order chi connectivity index (χ0) is 13.5. The highest BCUT2D eigenvalue weighted by Gasteiger charge is 2.04. The highest BCUT2D eigenvalue weighted by molar-refractivity contribution is 6.36. The normalized spacial score (nSPS) is 12.0. The van der Waals surface area contributed by atoms with Crippen molar-refractivity contribution in [3.05, 3.63) is 39.4 Å². The number of hydrogen-bond donors (Lipinski definition) is 1. The molecule has 0 spiro atoms. The third-order valence-corrected chi connectivity index (χ3v) is 3.08. The molecule has 0 heterocycles. The maximum atomic E-state index is 6.12. The van der Waals surface area contributed by atoms with E-state index in [4.69, 9.17) is 39.5 Å². The summed E-state index contributed by atoms with van der Waals surface area (Å²) in [6.07, 6.45) is 0. The van der Waals surface area contributed by atoms with E-state index >= 15 is 0 Å². The van der Waals surface area contributed by atoms with E-state index in [9.17, 15) is 0 Å². The van der Waals surface area contributed by atoms with E-state index in [1.165, 1.54) is 5.54 Å². The number of halogens is 3. The van der Waals surface area contributed by atoms with Crippen molar-refractivity contribution in [1.82, 2.24) is 5.32 Å². The average Bonchev–Trinajstić information content (AvgIpc) is 2.34. The first-order valence-electron chi connectivity index (χ1n) is 5.62. The van der Waals surface area contributed by atoms with Crippen molar-refractivity contribution in [2.45, 2.75) is 26.4 Å². The Bertz CT molecular complexity index is 419. The van der Waals surface area contributed by atoms with Crippen LogP contribution < -0.4 is 10.1 Å². The predicted molar refractivity (Wildman–Crippen MR) is 78.7 cm³/mol. The minimum absolute atomic E-state index is 0.217. The Morgan fingerprint density at radius 3 is 2.72 bits per heavy atom. The van der Waals surface area contributed by atoms with Crippen molar-refractivity contribution in [2.75, 3.05) is 6.61 Å². The van der Waals surface area contributed by atoms with Crippen LogP contribution in [0.2, 0.25) is 5.02 Å². The monoisotopic (exact) mass is 307 g/mol. The molecule has 18 heavy (non-hydrogen) atoms. The average molecular weight is 309 g/mol. The molecule has 0 saturated heterocycles. The van der Waals surface area contributed by atoms with Crippen LogP contribution in [0.4, 0.5) is 0 Å². The van der Waals surface area contributed by atoms with Crippen LogP contribution in [0.15, 0.2) is 28.8 Å². The minimum Gasteiger partial charge on any atom is -0.486 e. The van der Waals surface area contributed by atoms with E-state index in [0.717, 1.165) is 12.1 Å². The summed E-state index contributed by atoms with van der Waals surface area (Å²) in [5, 5.41) is 4.32. The van der Waals surface area contributed by atoms with Gasteiger partial charge in [0, 0.05) is 18.1 Å². The number of benzene rings is 1. The van der Waals surface area contributed by atoms with E-state index in [0.29, 0.717) is 21.8 Å². The Morgan fingerprint density at radius 1 is 1.44 bits per heavy atom. The second-order valence-corrected chi connectivity index (χ2v) is 5.26. The van der Waals surface area contributed by atoms with Gasteiger partial charge in [0.15, 0.2) is 0 Å². The molecule has 0 aliphatic rings. The lowest BCUT2D eigenvalue weighted by Gasteiger charge is -2.11. The Kier molecular flexibility index (Phi) is 6.87. The standard InChI is InChI=1S/C13H16Cl3NO/c1-9(2)17-7-10-3-4-13(12(16)5-10)18-8-11(15)6-14/h3-6,9,17H,7-8H2,1-2H3. The zero-order valence-corrected chi connectivity index (χ0v) is 12.6. The minimum atomic E-state index is 0.217. The third kappa shape index (κ3) is 5.49. The SMILES string of the molecule is CC(C)NCc1ccc(OCC(Cl)=CCl)c(Cl)c1. The smallest absolute Gasteiger partial charge is 0.138 e. The van der Waals surface area contributed by atoms with Crippen LogP contribution in [-0.2, 0) is 6.54 Å². The third-order valence-electron chi connectivity index (χ3n) is 2.19. The first-order valence-corrected chi connectivity index (χ1v) is 6.81. The number of ether oxygens (including phenoxy) is 1. The summed E-state index contributed by atoms with van der Waals surface area (Å²) in [7, 11) is 0. The number of hydrogen-bond acceptors (Lipinski definition) is 2. The summed E-state index contributed by atoms with van der Waals surface area (Å²) in [5.41, 5.74) is 2.39. The Hall–Kier alpha value is -0.410. The molecule has 5 heteroatoms. The highest BCUT2D eigenvalue weighted by atomic mass is 35.5. The van der Waals surface area contributed by atoms with Gasteiger partial charge in [-0.1, -0.05) is 54.7 Å². The van der Waals surface area contributed by atoms with Crippen molar-refractivity contribution in [2.24, 2.45) is 0 Å². The van der Waals surface area contributed by atoms with Crippen molar-refractivity contribution >= 4 is 34.8 Å². The first-order chi connectivity index (χ1) is 8.52. The molecule has 0 bridgehead atoms. The van der Waals surface area contributed by atoms with Gasteiger partial charge < -0.3 is 10.1 Å². The zero-order valence-electron chi connectivity index (χ0n) is 10.3. The molecule has 0 saturated carbocycles. The fraction of sp³-hybridized carbons (Fsp3) is 0.385. The van der Waals surface area contributed by atoms with Gasteiger partial charge >= 0.3 is 0 Å². The van der Waals surface area contributed by atoms with Gasteiger partial charge in [0.05, 0.1) is 10.1 Å². The molecule has 0 fully saturated rings. The van der Waals surface area contributed by atoms with Crippen LogP contribution in [0.3, 0.4) is 0 Å². The second-order valence-electron chi connectivity index (χ2n) is 4.15. The van der Waals surface area contributed by atoms with Crippen molar-refractivity contribution in [3.8, 4) is 5.75 Å². The molecule has 0 atom stereocenters. The molecule has 0 aliphatic heterocycles. The molecule has 0 aromatic heterocycles. The molecule has 0 amide bonds. The maximum Gasteiger partial charge on any atom is 0.138 e. The molecule has 0 radical (unpaired) electrons. The maximum absolute atomic E-state index is 6.12. The molecular formula is C13H16Cl3NO. The van der Waals surface area contributed by atoms with Crippen LogP contribution in [0.25, 0.3) is 0 Å². The summed E-state index contributed by atoms with van der Waals surface area (Å²) in [6, 6.07) is 6.12. The van der Waals surface area contributed by atoms with E-state index in [-0.39, 0.29) is 6.61 Å². The summed E-state index contributed by atoms with van der Waals surface area (Å²) >= 11 is 17.3. The molecule has 1 aromatic rings. The van der Waals surface area contributed by atoms with Gasteiger partial charge in [-0.15, -0.1) is 0 Å². The van der Waals surface area contributed by atoms with Crippen LogP contribution in [0.1, 0.15) is 19.4 Å². The van der Waals surface area contributed by atoms with E-state index < -0.39 is 0 Å². The van der Waals surface area contributed by atoms with Gasteiger partial charge in [0.1, 0.15) is 12.4 Å². The van der Waals surface area contributed by atoms with Crippen LogP contribution >= 0.6 is 34.8 Å². The summed E-state index contributed by atoms with van der Waals surface area (Å²) in [6.45, 7) is 5.19.